The number of nitrogens with one attached hydrogen (secondary N) is 1. The molecule has 0 radical (unpaired) electrons. The topological polar surface area (TPSA) is 125 Å². The first kappa shape index (κ1) is 32.7. The van der Waals surface area contributed by atoms with Crippen molar-refractivity contribution in [3.8, 4) is 0 Å². The lowest BCUT2D eigenvalue weighted by Crippen LogP contribution is -2.60. The Labute approximate surface area is 257 Å². The first-order valence-electron chi connectivity index (χ1n) is 15.4. The third-order valence-electron chi connectivity index (χ3n) is 9.41. The number of likely N-dealkylation sites (tertiary alicyclic amines) is 1. The van der Waals surface area contributed by atoms with E-state index in [0.29, 0.717) is 32.2 Å². The Hall–Kier alpha value is -2.24. The van der Waals surface area contributed by atoms with Gasteiger partial charge in [-0.3, -0.25) is 19.2 Å². The van der Waals surface area contributed by atoms with Gasteiger partial charge in [-0.1, -0.05) is 54.3 Å². The fourth-order valence-electron chi connectivity index (χ4n) is 7.43. The highest BCUT2D eigenvalue weighted by molar-refractivity contribution is 9.09. The van der Waals surface area contributed by atoms with Crippen molar-refractivity contribution in [2.24, 2.45) is 11.8 Å². The molecule has 11 heteroatoms. The van der Waals surface area contributed by atoms with E-state index < -0.39 is 47.7 Å². The Morgan fingerprint density at radius 2 is 1.98 bits per heavy atom. The van der Waals surface area contributed by atoms with Crippen LogP contribution >= 0.6 is 15.9 Å². The zero-order chi connectivity index (χ0) is 30.6. The number of rotatable bonds is 14. The van der Waals surface area contributed by atoms with Crippen molar-refractivity contribution < 1.29 is 33.8 Å². The van der Waals surface area contributed by atoms with Crippen LogP contribution in [-0.4, -0.2) is 99.1 Å². The Balaban J connectivity index is 1.63. The fourth-order valence-corrected chi connectivity index (χ4v) is 8.37. The predicted molar refractivity (Wildman–Crippen MR) is 160 cm³/mol. The molecular weight excluding hydrogens is 606 g/mol. The minimum absolute atomic E-state index is 0.0347. The summed E-state index contributed by atoms with van der Waals surface area (Å²) in [5.41, 5.74) is -1.23. The van der Waals surface area contributed by atoms with Crippen LogP contribution < -0.4 is 5.32 Å². The number of hydrogen-bond acceptors (Lipinski definition) is 7. The lowest BCUT2D eigenvalue weighted by molar-refractivity contribution is -0.160. The van der Waals surface area contributed by atoms with Crippen molar-refractivity contribution in [2.75, 3.05) is 19.7 Å². The molecule has 2 N–H and O–H groups in total. The van der Waals surface area contributed by atoms with Gasteiger partial charge in [0.25, 0.3) is 0 Å². The number of fused-ring (bicyclic) bond motifs is 1. The second kappa shape index (κ2) is 14.0. The summed E-state index contributed by atoms with van der Waals surface area (Å²) >= 11 is 3.69. The van der Waals surface area contributed by atoms with Gasteiger partial charge in [0.05, 0.1) is 37.1 Å². The summed E-state index contributed by atoms with van der Waals surface area (Å²) in [7, 11) is 0. The van der Waals surface area contributed by atoms with Crippen molar-refractivity contribution in [3.63, 3.8) is 0 Å². The molecule has 3 heterocycles. The van der Waals surface area contributed by atoms with Gasteiger partial charge in [0.15, 0.2) is 0 Å². The number of allylic oxidation sites excluding steroid dienone is 1. The van der Waals surface area contributed by atoms with Crippen LogP contribution in [0.5, 0.6) is 0 Å². The molecular formula is C31H46BrN3O7. The highest BCUT2D eigenvalue weighted by atomic mass is 79.9. The Bertz CT molecular complexity index is 1050. The van der Waals surface area contributed by atoms with Gasteiger partial charge in [-0.25, -0.2) is 0 Å². The number of aliphatic hydroxyl groups excluding tert-OH is 1. The third-order valence-corrected chi connectivity index (χ3v) is 10.3. The van der Waals surface area contributed by atoms with Gasteiger partial charge in [-0.2, -0.15) is 0 Å². The molecule has 0 aromatic carbocycles. The highest BCUT2D eigenvalue weighted by Gasteiger charge is 2.77. The largest absolute Gasteiger partial charge is 0.460 e. The summed E-state index contributed by atoms with van der Waals surface area (Å²) in [6.07, 6.45) is 8.74. The van der Waals surface area contributed by atoms with Crippen molar-refractivity contribution in [2.45, 2.75) is 112 Å². The van der Waals surface area contributed by atoms with Crippen LogP contribution in [0.25, 0.3) is 0 Å². The first-order valence-corrected chi connectivity index (χ1v) is 16.3. The molecule has 4 fully saturated rings. The van der Waals surface area contributed by atoms with E-state index in [1.165, 1.54) is 4.90 Å². The number of alkyl halides is 1. The minimum atomic E-state index is -1.23. The van der Waals surface area contributed by atoms with E-state index in [-0.39, 0.29) is 41.7 Å². The van der Waals surface area contributed by atoms with Crippen LogP contribution in [0, 0.1) is 11.8 Å². The predicted octanol–water partition coefficient (Wildman–Crippen LogP) is 2.87. The van der Waals surface area contributed by atoms with Crippen LogP contribution in [0.15, 0.2) is 25.3 Å². The zero-order valence-electron chi connectivity index (χ0n) is 24.8. The molecule has 0 aromatic rings. The van der Waals surface area contributed by atoms with Gasteiger partial charge < -0.3 is 29.7 Å². The Morgan fingerprint density at radius 1 is 1.26 bits per heavy atom. The standard InChI is InChI=1S/C31H46BrN3O7/c1-5-8-14-23(37)33-17-19(4)41-30(40)24-25-28(38)35(20(7-3)18-36)27(31(25)16-22(32)26(24)42-31)29(39)34(15-6-2)21-12-10-9-11-13-21/h5-6,19-22,24-27,36H,1-2,7-18H2,3-4H3,(H,33,37)/t19-,20+,22?,24-,25+,26-,27-,31+/m1/s1. The van der Waals surface area contributed by atoms with Gasteiger partial charge in [0.2, 0.25) is 17.7 Å². The van der Waals surface area contributed by atoms with Crippen molar-refractivity contribution in [1.82, 2.24) is 15.1 Å². The number of halogens is 1. The summed E-state index contributed by atoms with van der Waals surface area (Å²) in [4.78, 5) is 57.7. The highest BCUT2D eigenvalue weighted by Crippen LogP contribution is 2.61. The summed E-state index contributed by atoms with van der Waals surface area (Å²) in [6, 6.07) is -1.54. The molecule has 42 heavy (non-hydrogen) atoms. The number of esters is 1. The average molecular weight is 653 g/mol. The summed E-state index contributed by atoms with van der Waals surface area (Å²) in [6.45, 7) is 11.2. The summed E-state index contributed by atoms with van der Waals surface area (Å²) in [5.74, 6) is -3.16. The lowest BCUT2D eigenvalue weighted by Gasteiger charge is -2.42. The van der Waals surface area contributed by atoms with Crippen LogP contribution in [0.1, 0.15) is 71.6 Å². The molecule has 1 aliphatic carbocycles. The normalized spacial score (nSPS) is 31.8. The number of carbonyl (C=O) groups excluding carboxylic acids is 4. The monoisotopic (exact) mass is 651 g/mol. The molecule has 1 saturated carbocycles. The van der Waals surface area contributed by atoms with E-state index in [4.69, 9.17) is 9.47 Å². The van der Waals surface area contributed by atoms with E-state index in [0.717, 1.165) is 32.1 Å². The van der Waals surface area contributed by atoms with E-state index in [1.54, 1.807) is 19.1 Å². The summed E-state index contributed by atoms with van der Waals surface area (Å²) in [5, 5.41) is 13.1. The molecule has 1 spiro atoms. The molecule has 234 valence electrons. The smallest absolute Gasteiger partial charge is 0.312 e. The number of aliphatic hydroxyl groups is 1. The molecule has 3 aliphatic heterocycles. The average Bonchev–Trinajstić information content (AvgIpc) is 3.58. The first-order chi connectivity index (χ1) is 20.1. The van der Waals surface area contributed by atoms with Crippen LogP contribution in [0.3, 0.4) is 0 Å². The molecule has 4 rings (SSSR count). The van der Waals surface area contributed by atoms with Crippen molar-refractivity contribution in [3.05, 3.63) is 25.3 Å². The van der Waals surface area contributed by atoms with Crippen molar-refractivity contribution in [1.29, 1.82) is 0 Å². The van der Waals surface area contributed by atoms with Gasteiger partial charge in [-0.15, -0.1) is 13.2 Å². The molecule has 10 nitrogen and oxygen atoms in total. The van der Waals surface area contributed by atoms with E-state index >= 15 is 0 Å². The number of ether oxygens (including phenoxy) is 2. The number of carbonyl (C=O) groups is 4. The third kappa shape index (κ3) is 6.06. The second-order valence-corrected chi connectivity index (χ2v) is 13.3. The fraction of sp³-hybridized carbons (Fsp3) is 0.742. The molecule has 0 aromatic heterocycles. The van der Waals surface area contributed by atoms with E-state index in [2.05, 4.69) is 34.4 Å². The Kier molecular flexibility index (Phi) is 10.9. The molecule has 8 atom stereocenters. The maximum Gasteiger partial charge on any atom is 0.312 e. The molecule has 3 saturated heterocycles. The molecule has 4 aliphatic rings. The van der Waals surface area contributed by atoms with Gasteiger partial charge in [0.1, 0.15) is 17.7 Å². The van der Waals surface area contributed by atoms with Gasteiger partial charge in [0, 0.05) is 23.8 Å². The van der Waals surface area contributed by atoms with E-state index in [1.807, 2.05) is 11.8 Å². The SMILES string of the molecule is C=CCCC(=O)NC[C@@H](C)OC(=O)[C@H]1[C@@H]2O[C@@]3(CC2Br)[C@@H]1C(=O)N([C@@H](CC)CO)[C@@H]3C(=O)N(CC=C)C1CCCCC1. The maximum atomic E-state index is 14.6. The molecule has 2 bridgehead atoms. The van der Waals surface area contributed by atoms with Crippen LogP contribution in [0.4, 0.5) is 0 Å². The number of hydrogen-bond donors (Lipinski definition) is 2. The van der Waals surface area contributed by atoms with Gasteiger partial charge in [-0.05, 0) is 39.0 Å². The molecule has 1 unspecified atom stereocenters. The number of amides is 3. The van der Waals surface area contributed by atoms with E-state index in [9.17, 15) is 24.3 Å². The second-order valence-electron chi connectivity index (χ2n) is 12.1. The lowest BCUT2D eigenvalue weighted by atomic mass is 9.70. The number of nitrogens with zero attached hydrogens (tertiary/aromatic N) is 2. The zero-order valence-corrected chi connectivity index (χ0v) is 26.4. The van der Waals surface area contributed by atoms with Gasteiger partial charge >= 0.3 is 5.97 Å². The minimum Gasteiger partial charge on any atom is -0.460 e. The van der Waals surface area contributed by atoms with Crippen LogP contribution in [-0.2, 0) is 28.7 Å². The van der Waals surface area contributed by atoms with Crippen LogP contribution in [0.2, 0.25) is 0 Å². The maximum absolute atomic E-state index is 14.6. The summed E-state index contributed by atoms with van der Waals surface area (Å²) < 4.78 is 12.4. The quantitative estimate of drug-likeness (QED) is 0.168. The molecule has 3 amide bonds. The van der Waals surface area contributed by atoms with Crippen molar-refractivity contribution >= 4 is 39.6 Å². The Morgan fingerprint density at radius 3 is 2.60 bits per heavy atom.